The monoisotopic (exact) mass is 229 g/mol. The Morgan fingerprint density at radius 3 is 2.38 bits per heavy atom. The number of carbonyl (C=O) groups excluding carboxylic acids is 1. The smallest absolute Gasteiger partial charge is 0.311 e. The van der Waals surface area contributed by atoms with Crippen LogP contribution in [0.2, 0.25) is 0 Å². The molecule has 0 spiro atoms. The number of nitrogens with zero attached hydrogens (tertiary/aromatic N) is 1. The molecule has 0 bridgehead atoms. The van der Waals surface area contributed by atoms with E-state index in [9.17, 15) is 4.79 Å². The number of hydrogen-bond acceptors (Lipinski definition) is 4. The fraction of sp³-hybridized carbons (Fsp3) is 0.833. The zero-order valence-electron chi connectivity index (χ0n) is 10.9. The molecule has 0 N–H and O–H groups in total. The van der Waals surface area contributed by atoms with Crippen LogP contribution in [-0.4, -0.2) is 25.4 Å². The molecular formula is C12H23NO3. The Labute approximate surface area is 98.0 Å². The van der Waals surface area contributed by atoms with Crippen molar-refractivity contribution >= 4 is 11.7 Å². The summed E-state index contributed by atoms with van der Waals surface area (Å²) in [7, 11) is 1.49. The summed E-state index contributed by atoms with van der Waals surface area (Å²) in [5, 5.41) is 3.93. The van der Waals surface area contributed by atoms with E-state index in [0.29, 0.717) is 12.5 Å². The van der Waals surface area contributed by atoms with Crippen molar-refractivity contribution in [2.45, 2.75) is 40.5 Å². The molecule has 16 heavy (non-hydrogen) atoms. The second kappa shape index (κ2) is 8.13. The third-order valence-corrected chi connectivity index (χ3v) is 2.86. The number of carbonyl (C=O) groups is 1. The molecule has 0 aromatic carbocycles. The molecule has 0 saturated heterocycles. The van der Waals surface area contributed by atoms with Gasteiger partial charge in [0.1, 0.15) is 7.11 Å². The van der Waals surface area contributed by atoms with E-state index < -0.39 is 0 Å². The Hall–Kier alpha value is -1.06. The van der Waals surface area contributed by atoms with Gasteiger partial charge >= 0.3 is 5.97 Å². The van der Waals surface area contributed by atoms with Crippen LogP contribution in [0.1, 0.15) is 40.5 Å². The Bertz CT molecular complexity index is 238. The van der Waals surface area contributed by atoms with Crippen LogP contribution in [-0.2, 0) is 14.4 Å². The first kappa shape index (κ1) is 14.9. The Morgan fingerprint density at radius 1 is 1.31 bits per heavy atom. The molecule has 0 rings (SSSR count). The Morgan fingerprint density at radius 2 is 1.94 bits per heavy atom. The predicted octanol–water partition coefficient (Wildman–Crippen LogP) is 2.62. The van der Waals surface area contributed by atoms with Gasteiger partial charge in [-0.15, -0.1) is 0 Å². The van der Waals surface area contributed by atoms with E-state index in [1.165, 1.54) is 7.11 Å². The van der Waals surface area contributed by atoms with E-state index >= 15 is 0 Å². The van der Waals surface area contributed by atoms with Crippen molar-refractivity contribution < 1.29 is 14.4 Å². The predicted molar refractivity (Wildman–Crippen MR) is 64.3 cm³/mol. The van der Waals surface area contributed by atoms with Crippen LogP contribution >= 0.6 is 0 Å². The van der Waals surface area contributed by atoms with Crippen LogP contribution in [0.3, 0.4) is 0 Å². The van der Waals surface area contributed by atoms with Crippen LogP contribution in [0.5, 0.6) is 0 Å². The second-order valence-electron chi connectivity index (χ2n) is 3.92. The van der Waals surface area contributed by atoms with Gasteiger partial charge in [0.2, 0.25) is 0 Å². The molecule has 0 fully saturated rings. The molecule has 2 atom stereocenters. The Kier molecular flexibility index (Phi) is 7.60. The summed E-state index contributed by atoms with van der Waals surface area (Å²) in [6.07, 6.45) is 1.26. The number of rotatable bonds is 7. The van der Waals surface area contributed by atoms with Gasteiger partial charge in [0.05, 0.1) is 18.7 Å². The van der Waals surface area contributed by atoms with Crippen molar-refractivity contribution in [1.82, 2.24) is 0 Å². The average molecular weight is 229 g/mol. The van der Waals surface area contributed by atoms with E-state index in [2.05, 4.69) is 25.9 Å². The minimum atomic E-state index is -0.242. The lowest BCUT2D eigenvalue weighted by Gasteiger charge is -2.19. The maximum absolute atomic E-state index is 11.4. The van der Waals surface area contributed by atoms with E-state index in [1.54, 1.807) is 6.92 Å². The SMILES string of the molecule is CCOC(=O)CC(=NOC)C(C)C(C)CC. The number of esters is 1. The van der Waals surface area contributed by atoms with Crippen molar-refractivity contribution in [3.8, 4) is 0 Å². The van der Waals surface area contributed by atoms with Crippen molar-refractivity contribution in [2.24, 2.45) is 17.0 Å². The second-order valence-corrected chi connectivity index (χ2v) is 3.92. The largest absolute Gasteiger partial charge is 0.466 e. The van der Waals surface area contributed by atoms with E-state index in [1.807, 2.05) is 0 Å². The van der Waals surface area contributed by atoms with Crippen molar-refractivity contribution in [3.63, 3.8) is 0 Å². The maximum atomic E-state index is 11.4. The molecule has 0 aromatic heterocycles. The molecule has 2 unspecified atom stereocenters. The first-order valence-electron chi connectivity index (χ1n) is 5.82. The molecule has 0 aliphatic rings. The van der Waals surface area contributed by atoms with Gasteiger partial charge in [0.25, 0.3) is 0 Å². The Balaban J connectivity index is 4.50. The molecule has 4 heteroatoms. The summed E-state index contributed by atoms with van der Waals surface area (Å²) in [6.45, 7) is 8.52. The van der Waals surface area contributed by atoms with Gasteiger partial charge in [0.15, 0.2) is 0 Å². The maximum Gasteiger partial charge on any atom is 0.311 e. The van der Waals surface area contributed by atoms with Crippen LogP contribution in [0.4, 0.5) is 0 Å². The third kappa shape index (κ3) is 5.14. The molecule has 0 amide bonds. The minimum Gasteiger partial charge on any atom is -0.466 e. The zero-order chi connectivity index (χ0) is 12.6. The molecule has 0 saturated carbocycles. The summed E-state index contributed by atoms with van der Waals surface area (Å²) in [5.74, 6) is 0.464. The normalized spacial score (nSPS) is 15.4. The summed E-state index contributed by atoms with van der Waals surface area (Å²) in [5.41, 5.74) is 0.760. The van der Waals surface area contributed by atoms with E-state index in [4.69, 9.17) is 9.57 Å². The standard InChI is InChI=1S/C12H23NO3/c1-6-9(3)10(4)11(13-15-5)8-12(14)16-7-2/h9-10H,6-8H2,1-5H3. The number of hydrogen-bond donors (Lipinski definition) is 0. The van der Waals surface area contributed by atoms with Gasteiger partial charge in [-0.2, -0.15) is 0 Å². The van der Waals surface area contributed by atoms with Crippen LogP contribution in [0, 0.1) is 11.8 Å². The van der Waals surface area contributed by atoms with Gasteiger partial charge in [-0.05, 0) is 12.8 Å². The van der Waals surface area contributed by atoms with E-state index in [-0.39, 0.29) is 18.3 Å². The summed E-state index contributed by atoms with van der Waals surface area (Å²) >= 11 is 0. The summed E-state index contributed by atoms with van der Waals surface area (Å²) in [6, 6.07) is 0. The molecule has 0 radical (unpaired) electrons. The summed E-state index contributed by atoms with van der Waals surface area (Å²) in [4.78, 5) is 16.2. The molecule has 0 aliphatic heterocycles. The summed E-state index contributed by atoms with van der Waals surface area (Å²) < 4.78 is 4.91. The third-order valence-electron chi connectivity index (χ3n) is 2.86. The molecule has 0 aromatic rings. The number of ether oxygens (including phenoxy) is 1. The van der Waals surface area contributed by atoms with Crippen LogP contribution < -0.4 is 0 Å². The minimum absolute atomic E-state index is 0.215. The molecule has 0 aliphatic carbocycles. The zero-order valence-corrected chi connectivity index (χ0v) is 10.9. The number of oxime groups is 1. The molecule has 0 heterocycles. The molecule has 4 nitrogen and oxygen atoms in total. The van der Waals surface area contributed by atoms with Crippen molar-refractivity contribution in [3.05, 3.63) is 0 Å². The van der Waals surface area contributed by atoms with Gasteiger partial charge < -0.3 is 9.57 Å². The van der Waals surface area contributed by atoms with Crippen molar-refractivity contribution in [1.29, 1.82) is 0 Å². The lowest BCUT2D eigenvalue weighted by molar-refractivity contribution is -0.141. The van der Waals surface area contributed by atoms with Gasteiger partial charge in [-0.25, -0.2) is 0 Å². The van der Waals surface area contributed by atoms with Crippen molar-refractivity contribution in [2.75, 3.05) is 13.7 Å². The fourth-order valence-corrected chi connectivity index (χ4v) is 1.44. The average Bonchev–Trinajstić information content (AvgIpc) is 2.26. The fourth-order valence-electron chi connectivity index (χ4n) is 1.44. The highest BCUT2D eigenvalue weighted by molar-refractivity contribution is 5.99. The lowest BCUT2D eigenvalue weighted by atomic mass is 9.88. The molecular weight excluding hydrogens is 206 g/mol. The quantitative estimate of drug-likeness (QED) is 0.383. The molecule has 94 valence electrons. The first-order chi connectivity index (χ1) is 7.56. The first-order valence-corrected chi connectivity index (χ1v) is 5.82. The highest BCUT2D eigenvalue weighted by atomic mass is 16.6. The van der Waals surface area contributed by atoms with Gasteiger partial charge in [-0.1, -0.05) is 32.3 Å². The lowest BCUT2D eigenvalue weighted by Crippen LogP contribution is -2.23. The highest BCUT2D eigenvalue weighted by Crippen LogP contribution is 2.18. The van der Waals surface area contributed by atoms with Crippen LogP contribution in [0.15, 0.2) is 5.16 Å². The van der Waals surface area contributed by atoms with Gasteiger partial charge in [-0.3, -0.25) is 4.79 Å². The van der Waals surface area contributed by atoms with Gasteiger partial charge in [0, 0.05) is 5.92 Å². The van der Waals surface area contributed by atoms with E-state index in [0.717, 1.165) is 12.1 Å². The van der Waals surface area contributed by atoms with Crippen LogP contribution in [0.25, 0.3) is 0 Å². The highest BCUT2D eigenvalue weighted by Gasteiger charge is 2.20. The topological polar surface area (TPSA) is 47.9 Å².